The Morgan fingerprint density at radius 1 is 1.10 bits per heavy atom. The van der Waals surface area contributed by atoms with Crippen molar-refractivity contribution < 1.29 is 9.90 Å². The third-order valence-electron chi connectivity index (χ3n) is 3.29. The highest BCUT2D eigenvalue weighted by Gasteiger charge is 2.21. The van der Waals surface area contributed by atoms with E-state index in [9.17, 15) is 14.8 Å². The summed E-state index contributed by atoms with van der Waals surface area (Å²) in [6, 6.07) is 12.4. The van der Waals surface area contributed by atoms with E-state index in [0.29, 0.717) is 16.7 Å². The van der Waals surface area contributed by atoms with E-state index < -0.39 is 12.0 Å². The van der Waals surface area contributed by atoms with Gasteiger partial charge in [0.25, 0.3) is 0 Å². The number of nitrogens with zero attached hydrogens (tertiary/aromatic N) is 1. The number of aliphatic hydroxyl groups is 1. The van der Waals surface area contributed by atoms with Gasteiger partial charge in [0, 0.05) is 5.18 Å². The van der Waals surface area contributed by atoms with Crippen molar-refractivity contribution in [3.05, 3.63) is 75.2 Å². The summed E-state index contributed by atoms with van der Waals surface area (Å²) < 4.78 is 0. The van der Waals surface area contributed by atoms with Crippen molar-refractivity contribution in [2.75, 3.05) is 0 Å². The lowest BCUT2D eigenvalue weighted by atomic mass is 9.93. The summed E-state index contributed by atoms with van der Waals surface area (Å²) in [6.45, 7) is 3.66. The molecule has 0 aliphatic rings. The van der Waals surface area contributed by atoms with Crippen LogP contribution in [0.25, 0.3) is 0 Å². The molecule has 0 aromatic heterocycles. The van der Waals surface area contributed by atoms with Crippen LogP contribution in [0.15, 0.2) is 47.6 Å². The molecule has 2 aromatic carbocycles. The van der Waals surface area contributed by atoms with Gasteiger partial charge in [0.05, 0.1) is 5.56 Å². The zero-order valence-corrected chi connectivity index (χ0v) is 11.3. The largest absolute Gasteiger partial charge is 0.384 e. The van der Waals surface area contributed by atoms with Gasteiger partial charge in [-0.05, 0) is 30.5 Å². The molecule has 4 nitrogen and oxygen atoms in total. The van der Waals surface area contributed by atoms with Crippen LogP contribution < -0.4 is 0 Å². The first kappa shape index (κ1) is 14.1. The molecule has 1 atom stereocenters. The summed E-state index contributed by atoms with van der Waals surface area (Å²) in [6.07, 6.45) is -0.962. The number of carbonyl (C=O) groups is 1. The van der Waals surface area contributed by atoms with Crippen LogP contribution in [0.3, 0.4) is 0 Å². The Kier molecular flexibility index (Phi) is 4.05. The first-order valence-corrected chi connectivity index (χ1v) is 6.26. The fraction of sp³-hybridized carbons (Fsp3) is 0.188. The molecule has 0 radical (unpaired) electrons. The van der Waals surface area contributed by atoms with E-state index in [1.165, 1.54) is 0 Å². The van der Waals surface area contributed by atoms with Crippen molar-refractivity contribution in [1.82, 2.24) is 0 Å². The minimum Gasteiger partial charge on any atom is -0.384 e. The smallest absolute Gasteiger partial charge is 0.317 e. The molecule has 0 saturated heterocycles. The molecule has 20 heavy (non-hydrogen) atoms. The van der Waals surface area contributed by atoms with Crippen LogP contribution in [0.4, 0.5) is 0 Å². The lowest BCUT2D eigenvalue weighted by Gasteiger charge is -2.15. The minimum atomic E-state index is -0.962. The van der Waals surface area contributed by atoms with Crippen molar-refractivity contribution in [3.8, 4) is 0 Å². The third-order valence-corrected chi connectivity index (χ3v) is 3.29. The monoisotopic (exact) mass is 269 g/mol. The lowest BCUT2D eigenvalue weighted by molar-refractivity contribution is 0.0995. The van der Waals surface area contributed by atoms with Crippen molar-refractivity contribution in [1.29, 1.82) is 0 Å². The Morgan fingerprint density at radius 3 is 2.35 bits per heavy atom. The molecule has 1 unspecified atom stereocenters. The Hall–Kier alpha value is -2.33. The highest BCUT2D eigenvalue weighted by Crippen LogP contribution is 2.27. The van der Waals surface area contributed by atoms with Crippen LogP contribution in [-0.2, 0) is 0 Å². The number of amides is 1. The fourth-order valence-corrected chi connectivity index (χ4v) is 2.18. The zero-order chi connectivity index (χ0) is 14.7. The average Bonchev–Trinajstić information content (AvgIpc) is 2.46. The number of aryl methyl sites for hydroxylation is 2. The van der Waals surface area contributed by atoms with Crippen LogP contribution in [0.5, 0.6) is 0 Å². The van der Waals surface area contributed by atoms with Crippen LogP contribution in [0, 0.1) is 18.8 Å². The fourth-order valence-electron chi connectivity index (χ4n) is 2.18. The zero-order valence-electron chi connectivity index (χ0n) is 11.3. The molecule has 2 aromatic rings. The van der Waals surface area contributed by atoms with Gasteiger partial charge in [0.2, 0.25) is 0 Å². The summed E-state index contributed by atoms with van der Waals surface area (Å²) in [7, 11) is 0. The number of benzene rings is 2. The van der Waals surface area contributed by atoms with Gasteiger partial charge >= 0.3 is 5.91 Å². The standard InChI is InChI=1S/C16H15NO3/c1-10-6-8-12(9-7-10)15(18)13-5-3-4-11(2)14(13)16(19)17-20/h3-9,15,18H,1-2H3. The predicted octanol–water partition coefficient (Wildman–Crippen LogP) is 3.29. The first-order valence-electron chi connectivity index (χ1n) is 6.26. The maximum Gasteiger partial charge on any atom is 0.317 e. The Morgan fingerprint density at radius 2 is 1.75 bits per heavy atom. The van der Waals surface area contributed by atoms with Gasteiger partial charge in [-0.15, -0.1) is 4.91 Å². The molecule has 0 heterocycles. The van der Waals surface area contributed by atoms with Gasteiger partial charge in [0.1, 0.15) is 6.10 Å². The second kappa shape index (κ2) is 5.75. The summed E-state index contributed by atoms with van der Waals surface area (Å²) in [4.78, 5) is 22.2. The van der Waals surface area contributed by atoms with Gasteiger partial charge < -0.3 is 5.11 Å². The molecule has 4 heteroatoms. The van der Waals surface area contributed by atoms with E-state index in [0.717, 1.165) is 5.56 Å². The third kappa shape index (κ3) is 2.65. The van der Waals surface area contributed by atoms with E-state index in [1.54, 1.807) is 37.3 Å². The van der Waals surface area contributed by atoms with Gasteiger partial charge in [-0.25, -0.2) is 0 Å². The highest BCUT2D eigenvalue weighted by atomic mass is 16.3. The molecule has 0 spiro atoms. The van der Waals surface area contributed by atoms with Crippen LogP contribution in [0.2, 0.25) is 0 Å². The second-order valence-corrected chi connectivity index (χ2v) is 4.75. The lowest BCUT2D eigenvalue weighted by Crippen LogP contribution is -2.09. The topological polar surface area (TPSA) is 66.7 Å². The van der Waals surface area contributed by atoms with Crippen molar-refractivity contribution in [3.63, 3.8) is 0 Å². The molecule has 1 N–H and O–H groups in total. The van der Waals surface area contributed by atoms with Crippen molar-refractivity contribution in [2.24, 2.45) is 5.18 Å². The number of hydrogen-bond acceptors (Lipinski definition) is 3. The summed E-state index contributed by atoms with van der Waals surface area (Å²) in [5, 5.41) is 12.9. The van der Waals surface area contributed by atoms with E-state index in [2.05, 4.69) is 5.18 Å². The maximum atomic E-state index is 11.7. The second-order valence-electron chi connectivity index (χ2n) is 4.75. The number of nitroso groups, excluding NO2 is 1. The van der Waals surface area contributed by atoms with Gasteiger partial charge in [0.15, 0.2) is 0 Å². The van der Waals surface area contributed by atoms with E-state index in [1.807, 2.05) is 19.1 Å². The average molecular weight is 269 g/mol. The number of hydrogen-bond donors (Lipinski definition) is 1. The molecular formula is C16H15NO3. The van der Waals surface area contributed by atoms with Crippen molar-refractivity contribution >= 4 is 5.91 Å². The molecule has 0 aliphatic heterocycles. The molecule has 0 aliphatic carbocycles. The first-order chi connectivity index (χ1) is 9.54. The number of rotatable bonds is 3. The molecule has 2 rings (SSSR count). The normalized spacial score (nSPS) is 11.9. The van der Waals surface area contributed by atoms with Gasteiger partial charge in [-0.1, -0.05) is 48.0 Å². The van der Waals surface area contributed by atoms with Gasteiger partial charge in [-0.2, -0.15) is 0 Å². The predicted molar refractivity (Wildman–Crippen MR) is 76.5 cm³/mol. The van der Waals surface area contributed by atoms with Crippen molar-refractivity contribution in [2.45, 2.75) is 20.0 Å². The summed E-state index contributed by atoms with van der Waals surface area (Å²) >= 11 is 0. The van der Waals surface area contributed by atoms with Crippen LogP contribution >= 0.6 is 0 Å². The molecule has 102 valence electrons. The molecule has 0 fully saturated rings. The molecule has 0 saturated carbocycles. The quantitative estimate of drug-likeness (QED) is 0.869. The SMILES string of the molecule is Cc1ccc(C(O)c2cccc(C)c2C(=O)N=O)cc1. The van der Waals surface area contributed by atoms with Crippen LogP contribution in [0.1, 0.15) is 38.7 Å². The minimum absolute atomic E-state index is 0.176. The van der Waals surface area contributed by atoms with E-state index in [4.69, 9.17) is 0 Å². The number of aliphatic hydroxyl groups excluding tert-OH is 1. The van der Waals surface area contributed by atoms with Gasteiger partial charge in [-0.3, -0.25) is 4.79 Å². The van der Waals surface area contributed by atoms with E-state index >= 15 is 0 Å². The van der Waals surface area contributed by atoms with Crippen LogP contribution in [-0.4, -0.2) is 11.0 Å². The summed E-state index contributed by atoms with van der Waals surface area (Å²) in [5.41, 5.74) is 2.95. The Balaban J connectivity index is 2.52. The molecule has 1 amide bonds. The highest BCUT2D eigenvalue weighted by molar-refractivity contribution is 5.97. The summed E-state index contributed by atoms with van der Waals surface area (Å²) in [5.74, 6) is -0.857. The Bertz CT molecular complexity index is 647. The molecular weight excluding hydrogens is 254 g/mol. The molecule has 0 bridgehead atoms. The Labute approximate surface area is 117 Å². The number of carbonyl (C=O) groups excluding carboxylic acids is 1. The van der Waals surface area contributed by atoms with E-state index in [-0.39, 0.29) is 5.56 Å². The maximum absolute atomic E-state index is 11.7.